The van der Waals surface area contributed by atoms with Gasteiger partial charge in [-0.3, -0.25) is 4.72 Å². The van der Waals surface area contributed by atoms with Gasteiger partial charge in [-0.1, -0.05) is 18.2 Å². The molecule has 7 nitrogen and oxygen atoms in total. The third-order valence-corrected chi connectivity index (χ3v) is 6.65. The minimum absolute atomic E-state index is 0.225. The van der Waals surface area contributed by atoms with Gasteiger partial charge in [0.25, 0.3) is 10.0 Å². The van der Waals surface area contributed by atoms with Crippen LogP contribution in [0.2, 0.25) is 0 Å². The van der Waals surface area contributed by atoms with E-state index in [2.05, 4.69) is 19.3 Å². The maximum Gasteiger partial charge on any atom is 0.261 e. The number of rotatable bonds is 4. The first-order chi connectivity index (χ1) is 14.0. The van der Waals surface area contributed by atoms with E-state index in [1.807, 2.05) is 12.1 Å². The summed E-state index contributed by atoms with van der Waals surface area (Å²) in [5, 5.41) is 0. The fourth-order valence-corrected chi connectivity index (χ4v) is 5.06. The topological polar surface area (TPSA) is 103 Å². The molecule has 0 fully saturated rings. The van der Waals surface area contributed by atoms with Gasteiger partial charge < -0.3 is 10.3 Å². The van der Waals surface area contributed by atoms with E-state index in [1.165, 1.54) is 17.6 Å². The summed E-state index contributed by atoms with van der Waals surface area (Å²) in [4.78, 5) is 8.84. The molecular weight excluding hydrogens is 386 g/mol. The van der Waals surface area contributed by atoms with Crippen LogP contribution < -0.4 is 10.5 Å². The number of nitrogens with two attached hydrogens (primary N) is 1. The lowest BCUT2D eigenvalue weighted by Crippen LogP contribution is -2.12. The Bertz CT molecular complexity index is 1310. The van der Waals surface area contributed by atoms with Crippen molar-refractivity contribution in [2.24, 2.45) is 0 Å². The van der Waals surface area contributed by atoms with Crippen LogP contribution in [0.4, 0.5) is 11.5 Å². The van der Waals surface area contributed by atoms with Crippen molar-refractivity contribution in [2.75, 3.05) is 10.5 Å². The molecule has 5 rings (SSSR count). The van der Waals surface area contributed by atoms with Crippen molar-refractivity contribution in [2.45, 2.75) is 24.2 Å². The maximum absolute atomic E-state index is 12.5. The number of hydrogen-bond acceptors (Lipinski definition) is 5. The van der Waals surface area contributed by atoms with Crippen molar-refractivity contribution in [3.05, 3.63) is 72.2 Å². The van der Waals surface area contributed by atoms with Crippen molar-refractivity contribution in [3.8, 4) is 5.69 Å². The highest BCUT2D eigenvalue weighted by Crippen LogP contribution is 2.36. The van der Waals surface area contributed by atoms with E-state index < -0.39 is 10.0 Å². The first kappa shape index (κ1) is 17.7. The van der Waals surface area contributed by atoms with E-state index in [4.69, 9.17) is 5.73 Å². The normalized spacial score (nSPS) is 13.5. The van der Waals surface area contributed by atoms with Crippen LogP contribution in [0.5, 0.6) is 0 Å². The van der Waals surface area contributed by atoms with Crippen molar-refractivity contribution in [1.29, 1.82) is 0 Å². The van der Waals surface area contributed by atoms with Gasteiger partial charge in [-0.05, 0) is 61.2 Å². The van der Waals surface area contributed by atoms with Crippen LogP contribution in [-0.4, -0.2) is 23.0 Å². The zero-order valence-corrected chi connectivity index (χ0v) is 16.4. The number of hydrogen-bond donors (Lipinski definition) is 2. The molecular formula is C21H19N5O2S. The smallest absolute Gasteiger partial charge is 0.261 e. The molecule has 0 saturated heterocycles. The lowest BCUT2D eigenvalue weighted by molar-refractivity contribution is 0.601. The second-order valence-corrected chi connectivity index (χ2v) is 8.72. The fraction of sp³-hybridized carbons (Fsp3) is 0.143. The molecule has 8 heteroatoms. The molecule has 29 heavy (non-hydrogen) atoms. The molecule has 1 aliphatic rings. The predicted molar refractivity (Wildman–Crippen MR) is 113 cm³/mol. The van der Waals surface area contributed by atoms with Gasteiger partial charge >= 0.3 is 0 Å². The van der Waals surface area contributed by atoms with Crippen molar-refractivity contribution < 1.29 is 8.42 Å². The first-order valence-electron chi connectivity index (χ1n) is 9.35. The van der Waals surface area contributed by atoms with Crippen LogP contribution in [-0.2, 0) is 22.9 Å². The molecule has 4 aromatic rings. The summed E-state index contributed by atoms with van der Waals surface area (Å²) < 4.78 is 29.8. The molecule has 2 aromatic heterocycles. The van der Waals surface area contributed by atoms with Crippen LogP contribution in [0.15, 0.2) is 65.8 Å². The standard InChI is InChI=1S/C21H19N5O2S/c22-21-20-19(23-13-24-21)17-7-4-8-18(17)26(20)15-11-9-14(10-12-15)25-29(27,28)16-5-2-1-3-6-16/h1-3,5-6,9-13,25H,4,7-8H2,(H2,22,23,24). The van der Waals surface area contributed by atoms with Gasteiger partial charge in [0, 0.05) is 17.1 Å². The Balaban J connectivity index is 1.54. The van der Waals surface area contributed by atoms with E-state index in [0.717, 1.165) is 36.0 Å². The highest BCUT2D eigenvalue weighted by Gasteiger charge is 2.25. The molecule has 2 heterocycles. The Kier molecular flexibility index (Phi) is 4.02. The summed E-state index contributed by atoms with van der Waals surface area (Å²) in [6.45, 7) is 0. The Hall–Kier alpha value is -3.39. The molecule has 0 spiro atoms. The van der Waals surface area contributed by atoms with E-state index >= 15 is 0 Å². The lowest BCUT2D eigenvalue weighted by atomic mass is 10.2. The van der Waals surface area contributed by atoms with Crippen LogP contribution >= 0.6 is 0 Å². The van der Waals surface area contributed by atoms with Gasteiger partial charge in [-0.2, -0.15) is 0 Å². The number of nitrogens with zero attached hydrogens (tertiary/aromatic N) is 3. The third-order valence-electron chi connectivity index (χ3n) is 5.25. The van der Waals surface area contributed by atoms with Crippen LogP contribution in [0.25, 0.3) is 16.7 Å². The second-order valence-electron chi connectivity index (χ2n) is 7.04. The number of fused-ring (bicyclic) bond motifs is 3. The average Bonchev–Trinajstić information content (AvgIpc) is 3.31. The molecule has 1 aliphatic carbocycles. The third kappa shape index (κ3) is 2.92. The summed E-state index contributed by atoms with van der Waals surface area (Å²) in [6.07, 6.45) is 4.51. The highest BCUT2D eigenvalue weighted by atomic mass is 32.2. The summed E-state index contributed by atoms with van der Waals surface area (Å²) in [7, 11) is -3.63. The van der Waals surface area contributed by atoms with Crippen LogP contribution in [0, 0.1) is 0 Å². The van der Waals surface area contributed by atoms with E-state index in [1.54, 1.807) is 42.5 Å². The molecule has 0 radical (unpaired) electrons. The predicted octanol–water partition coefficient (Wildman–Crippen LogP) is 3.29. The van der Waals surface area contributed by atoms with Gasteiger partial charge in [0.05, 0.1) is 10.4 Å². The minimum Gasteiger partial charge on any atom is -0.382 e. The Morgan fingerprint density at radius 1 is 0.966 bits per heavy atom. The quantitative estimate of drug-likeness (QED) is 0.542. The molecule has 146 valence electrons. The molecule has 0 unspecified atom stereocenters. The first-order valence-corrected chi connectivity index (χ1v) is 10.8. The van der Waals surface area contributed by atoms with Crippen molar-refractivity contribution in [3.63, 3.8) is 0 Å². The SMILES string of the molecule is Nc1ncnc2c3c(n(-c4ccc(NS(=O)(=O)c5ccccc5)cc4)c12)CCC3. The Morgan fingerprint density at radius 3 is 2.48 bits per heavy atom. The maximum atomic E-state index is 12.5. The van der Waals surface area contributed by atoms with Gasteiger partial charge in [0.2, 0.25) is 0 Å². The molecule has 0 aliphatic heterocycles. The monoisotopic (exact) mass is 405 g/mol. The second kappa shape index (κ2) is 6.59. The van der Waals surface area contributed by atoms with E-state index in [9.17, 15) is 8.42 Å². The summed E-state index contributed by atoms with van der Waals surface area (Å²) in [5.41, 5.74) is 11.7. The molecule has 0 saturated carbocycles. The molecule has 2 aromatic carbocycles. The van der Waals surface area contributed by atoms with Crippen molar-refractivity contribution in [1.82, 2.24) is 14.5 Å². The number of aromatic nitrogens is 3. The van der Waals surface area contributed by atoms with Crippen LogP contribution in [0.1, 0.15) is 17.7 Å². The Labute approximate surface area is 168 Å². The molecule has 0 bridgehead atoms. The number of aryl methyl sites for hydroxylation is 1. The zero-order valence-electron chi connectivity index (χ0n) is 15.5. The largest absolute Gasteiger partial charge is 0.382 e. The lowest BCUT2D eigenvalue weighted by Gasteiger charge is -2.12. The molecule has 0 atom stereocenters. The van der Waals surface area contributed by atoms with Gasteiger partial charge in [0.15, 0.2) is 5.82 Å². The zero-order chi connectivity index (χ0) is 20.0. The average molecular weight is 405 g/mol. The van der Waals surface area contributed by atoms with E-state index in [0.29, 0.717) is 11.5 Å². The van der Waals surface area contributed by atoms with Gasteiger partial charge in [-0.25, -0.2) is 18.4 Å². The number of anilines is 2. The van der Waals surface area contributed by atoms with E-state index in [-0.39, 0.29) is 4.90 Å². The molecule has 0 amide bonds. The fourth-order valence-electron chi connectivity index (χ4n) is 3.98. The summed E-state index contributed by atoms with van der Waals surface area (Å²) in [5.74, 6) is 0.443. The van der Waals surface area contributed by atoms with Crippen molar-refractivity contribution >= 4 is 32.6 Å². The van der Waals surface area contributed by atoms with Crippen LogP contribution in [0.3, 0.4) is 0 Å². The summed E-state index contributed by atoms with van der Waals surface area (Å²) >= 11 is 0. The summed E-state index contributed by atoms with van der Waals surface area (Å²) in [6, 6.07) is 15.6. The highest BCUT2D eigenvalue weighted by molar-refractivity contribution is 7.92. The number of benzene rings is 2. The molecule has 3 N–H and O–H groups in total. The Morgan fingerprint density at radius 2 is 1.72 bits per heavy atom. The number of nitrogens with one attached hydrogen (secondary N) is 1. The van der Waals surface area contributed by atoms with Gasteiger partial charge in [-0.15, -0.1) is 0 Å². The number of nitrogen functional groups attached to an aromatic ring is 1. The number of sulfonamides is 1. The van der Waals surface area contributed by atoms with Gasteiger partial charge in [0.1, 0.15) is 11.8 Å². The minimum atomic E-state index is -3.63.